The lowest BCUT2D eigenvalue weighted by molar-refractivity contribution is -0.945. The topological polar surface area (TPSA) is 60.7 Å². The normalized spacial score (nSPS) is 13.5. The molecule has 0 aromatic carbocycles. The molecular weight excluding hydrogens is 430 g/mol. The Labute approximate surface area is 191 Å². The van der Waals surface area contributed by atoms with Gasteiger partial charge in [0.2, 0.25) is 0 Å². The van der Waals surface area contributed by atoms with Crippen LogP contribution >= 0.6 is 0 Å². The van der Waals surface area contributed by atoms with Crippen molar-refractivity contribution in [1.82, 2.24) is 0 Å². The number of aliphatic hydroxyl groups is 3. The number of hydrogen-bond acceptors (Lipinski definition) is 3. The van der Waals surface area contributed by atoms with Crippen molar-refractivity contribution in [3.05, 3.63) is 12.2 Å². The third-order valence-corrected chi connectivity index (χ3v) is 5.81. The predicted octanol–water partition coefficient (Wildman–Crippen LogP) is 2.17. The van der Waals surface area contributed by atoms with E-state index in [1.54, 1.807) is 0 Å². The van der Waals surface area contributed by atoms with E-state index < -0.39 is 0 Å². The largest absolute Gasteiger partial charge is 1.00 e. The van der Waals surface area contributed by atoms with E-state index in [-0.39, 0.29) is 36.9 Å². The van der Waals surface area contributed by atoms with Crippen LogP contribution in [-0.4, -0.2) is 59.4 Å². The van der Waals surface area contributed by atoms with Gasteiger partial charge in [-0.2, -0.15) is 0 Å². The Morgan fingerprint density at radius 3 is 1.52 bits per heavy atom. The van der Waals surface area contributed by atoms with Crippen LogP contribution in [0.3, 0.4) is 0 Å². The third-order valence-electron chi connectivity index (χ3n) is 5.81. The van der Waals surface area contributed by atoms with Crippen molar-refractivity contribution in [2.75, 3.05) is 39.6 Å². The Morgan fingerprint density at radius 1 is 0.552 bits per heavy atom. The van der Waals surface area contributed by atoms with Gasteiger partial charge in [0.15, 0.2) is 6.73 Å². The summed E-state index contributed by atoms with van der Waals surface area (Å²) in [6.45, 7) is 4.81. The fourth-order valence-electron chi connectivity index (χ4n) is 3.86. The summed E-state index contributed by atoms with van der Waals surface area (Å²) in [7, 11) is 0. The van der Waals surface area contributed by atoms with E-state index in [1.807, 2.05) is 0 Å². The number of nitrogens with zero attached hydrogens (tertiary/aromatic N) is 1. The molecule has 0 amide bonds. The van der Waals surface area contributed by atoms with E-state index in [1.165, 1.54) is 83.5 Å². The zero-order chi connectivity index (χ0) is 20.8. The molecule has 1 unspecified atom stereocenters. The van der Waals surface area contributed by atoms with E-state index in [0.29, 0.717) is 17.4 Å². The van der Waals surface area contributed by atoms with Gasteiger partial charge in [-0.1, -0.05) is 70.4 Å². The second-order valence-corrected chi connectivity index (χ2v) is 8.39. The van der Waals surface area contributed by atoms with E-state index in [0.717, 1.165) is 19.5 Å². The average Bonchev–Trinajstić information content (AvgIpc) is 2.71. The van der Waals surface area contributed by atoms with Crippen LogP contribution in [0.25, 0.3) is 0 Å². The van der Waals surface area contributed by atoms with Crippen molar-refractivity contribution in [3.8, 4) is 0 Å². The van der Waals surface area contributed by atoms with Gasteiger partial charge in [-0.15, -0.1) is 0 Å². The number of unbranched alkanes of at least 4 members (excludes halogenated alkanes) is 12. The monoisotopic (exact) mass is 479 g/mol. The Balaban J connectivity index is 0. The summed E-state index contributed by atoms with van der Waals surface area (Å²) in [6.07, 6.45) is 23.6. The molecule has 176 valence electrons. The predicted molar refractivity (Wildman–Crippen MR) is 120 cm³/mol. The van der Waals surface area contributed by atoms with Crippen LogP contribution < -0.4 is 17.0 Å². The Hall–Kier alpha value is 0.0600. The molecular formula is C24H50BrNO3. The van der Waals surface area contributed by atoms with E-state index in [9.17, 15) is 10.2 Å². The summed E-state index contributed by atoms with van der Waals surface area (Å²) >= 11 is 0. The highest BCUT2D eigenvalue weighted by Gasteiger charge is 2.24. The van der Waals surface area contributed by atoms with Gasteiger partial charge in [-0.3, -0.25) is 4.48 Å². The maximum absolute atomic E-state index is 9.73. The summed E-state index contributed by atoms with van der Waals surface area (Å²) in [5.74, 6) is 0. The van der Waals surface area contributed by atoms with Gasteiger partial charge in [0.1, 0.15) is 6.54 Å². The molecule has 1 atom stereocenters. The van der Waals surface area contributed by atoms with E-state index >= 15 is 0 Å². The minimum Gasteiger partial charge on any atom is -1.00 e. The first-order valence-corrected chi connectivity index (χ1v) is 12.1. The van der Waals surface area contributed by atoms with Crippen molar-refractivity contribution in [3.63, 3.8) is 0 Å². The molecule has 29 heavy (non-hydrogen) atoms. The summed E-state index contributed by atoms with van der Waals surface area (Å²) < 4.78 is 0.528. The van der Waals surface area contributed by atoms with Crippen molar-refractivity contribution < 1.29 is 36.8 Å². The maximum atomic E-state index is 9.73. The van der Waals surface area contributed by atoms with E-state index in [4.69, 9.17) is 5.11 Å². The first-order valence-electron chi connectivity index (χ1n) is 12.1. The Morgan fingerprint density at radius 2 is 1.03 bits per heavy atom. The Kier molecular flexibility index (Phi) is 26.2. The first kappa shape index (κ1) is 31.2. The fraction of sp³-hybridized carbons (Fsp3) is 0.917. The van der Waals surface area contributed by atoms with Crippen LogP contribution in [0.15, 0.2) is 12.2 Å². The van der Waals surface area contributed by atoms with Crippen LogP contribution in [0.4, 0.5) is 0 Å². The summed E-state index contributed by atoms with van der Waals surface area (Å²) in [4.78, 5) is 0. The molecule has 0 aromatic rings. The van der Waals surface area contributed by atoms with Gasteiger partial charge in [0.25, 0.3) is 0 Å². The van der Waals surface area contributed by atoms with Gasteiger partial charge >= 0.3 is 0 Å². The second-order valence-electron chi connectivity index (χ2n) is 8.39. The molecule has 0 aliphatic rings. The quantitative estimate of drug-likeness (QED) is 0.0964. The molecule has 0 radical (unpaired) electrons. The molecule has 0 heterocycles. The van der Waals surface area contributed by atoms with Crippen LogP contribution in [0.5, 0.6) is 0 Å². The molecule has 0 rings (SSSR count). The number of halogens is 1. The Bertz CT molecular complexity index is 342. The molecule has 5 heteroatoms. The highest BCUT2D eigenvalue weighted by atomic mass is 79.9. The molecule has 0 spiro atoms. The zero-order valence-corrected chi connectivity index (χ0v) is 20.8. The standard InChI is InChI=1S/C24H50NO3.BrH/c1-2-3-4-5-6-7-8-9-10-11-12-13-14-15-16-17-19-25(24-28,21-23-27)20-18-22-26;/h9-10,26-28H,2-8,11-24H2,1H3;1H/q+1;/p-1/b10-9-;. The molecule has 0 aliphatic heterocycles. The van der Waals surface area contributed by atoms with Crippen LogP contribution in [-0.2, 0) is 0 Å². The lowest BCUT2D eigenvalue weighted by Gasteiger charge is -2.36. The molecule has 0 saturated carbocycles. The lowest BCUT2D eigenvalue weighted by Crippen LogP contribution is -3.00. The van der Waals surface area contributed by atoms with Gasteiger partial charge in [0.05, 0.1) is 19.7 Å². The smallest absolute Gasteiger partial charge is 0.180 e. The van der Waals surface area contributed by atoms with Crippen molar-refractivity contribution in [1.29, 1.82) is 0 Å². The summed E-state index contributed by atoms with van der Waals surface area (Å²) in [6, 6.07) is 0. The summed E-state index contributed by atoms with van der Waals surface area (Å²) in [5, 5.41) is 28.1. The van der Waals surface area contributed by atoms with Crippen molar-refractivity contribution >= 4 is 0 Å². The second kappa shape index (κ2) is 24.3. The lowest BCUT2D eigenvalue weighted by atomic mass is 10.1. The molecule has 0 aromatic heterocycles. The number of hydrogen-bond donors (Lipinski definition) is 3. The van der Waals surface area contributed by atoms with Gasteiger partial charge in [0, 0.05) is 13.0 Å². The molecule has 0 saturated heterocycles. The van der Waals surface area contributed by atoms with Gasteiger partial charge in [-0.25, -0.2) is 0 Å². The average molecular weight is 481 g/mol. The van der Waals surface area contributed by atoms with Crippen molar-refractivity contribution in [2.45, 2.75) is 103 Å². The maximum Gasteiger partial charge on any atom is 0.180 e. The zero-order valence-electron chi connectivity index (χ0n) is 19.2. The first-order chi connectivity index (χ1) is 13.7. The van der Waals surface area contributed by atoms with Crippen LogP contribution in [0, 0.1) is 0 Å². The van der Waals surface area contributed by atoms with Crippen LogP contribution in [0.1, 0.15) is 103 Å². The molecule has 4 nitrogen and oxygen atoms in total. The van der Waals surface area contributed by atoms with Crippen LogP contribution in [0.2, 0.25) is 0 Å². The minimum absolute atomic E-state index is 0. The molecule has 0 fully saturated rings. The molecule has 0 aliphatic carbocycles. The summed E-state index contributed by atoms with van der Waals surface area (Å²) in [5.41, 5.74) is 0. The number of rotatable bonds is 22. The number of quaternary nitrogens is 1. The van der Waals surface area contributed by atoms with E-state index in [2.05, 4.69) is 19.1 Å². The van der Waals surface area contributed by atoms with Gasteiger partial charge < -0.3 is 32.3 Å². The number of aliphatic hydroxyl groups excluding tert-OH is 3. The molecule has 3 N–H and O–H groups in total. The molecule has 0 bridgehead atoms. The third kappa shape index (κ3) is 19.8. The number of allylic oxidation sites excluding steroid dienone is 2. The highest BCUT2D eigenvalue weighted by molar-refractivity contribution is 4.81. The van der Waals surface area contributed by atoms with Gasteiger partial charge in [-0.05, 0) is 38.5 Å². The minimum atomic E-state index is 0. The highest BCUT2D eigenvalue weighted by Crippen LogP contribution is 2.13. The van der Waals surface area contributed by atoms with Crippen molar-refractivity contribution in [2.24, 2.45) is 0 Å². The fourth-order valence-corrected chi connectivity index (χ4v) is 3.86. The SMILES string of the molecule is CCCCCCCC/C=C\CCCCCCCC[N+](CO)(CCO)CCCO.[Br-].